The number of hydrogen-bond donors (Lipinski definition) is 2. The molecule has 2 aliphatic heterocycles. The fraction of sp³-hybridized carbons (Fsp3) is 0.409. The molecule has 1 aromatic carbocycles. The maximum Gasteiger partial charge on any atom is 0.275 e. The molecule has 12 heteroatoms. The third-order valence-corrected chi connectivity index (χ3v) is 6.32. The molecule has 1 amide bonds. The number of carbonyl (C=O) groups excluding carboxylic acids is 1. The molecule has 4 rings (SSSR count). The second-order valence-corrected chi connectivity index (χ2v) is 8.46. The van der Waals surface area contributed by atoms with E-state index < -0.39 is 47.4 Å². The number of aromatic nitrogens is 2. The van der Waals surface area contributed by atoms with Crippen molar-refractivity contribution in [3.8, 4) is 11.9 Å². The van der Waals surface area contributed by atoms with Gasteiger partial charge in [-0.3, -0.25) is 9.79 Å². The Kier molecular flexibility index (Phi) is 5.91. The van der Waals surface area contributed by atoms with Crippen LogP contribution in [0, 0.1) is 34.3 Å². The van der Waals surface area contributed by atoms with Crippen LogP contribution in [0.4, 0.5) is 18.9 Å². The molecule has 1 fully saturated rings. The maximum absolute atomic E-state index is 15.1. The second kappa shape index (κ2) is 8.57. The van der Waals surface area contributed by atoms with E-state index in [0.717, 1.165) is 18.5 Å². The number of anilines is 1. The number of halogens is 3. The van der Waals surface area contributed by atoms with Crippen LogP contribution in [0.1, 0.15) is 36.3 Å². The zero-order chi connectivity index (χ0) is 24.7. The van der Waals surface area contributed by atoms with Crippen molar-refractivity contribution in [2.75, 3.05) is 18.8 Å². The number of carbonyl (C=O) groups is 1. The van der Waals surface area contributed by atoms with Crippen LogP contribution < -0.4 is 15.8 Å². The number of nitrogens with zero attached hydrogens (tertiary/aromatic N) is 4. The Balaban J connectivity index is 1.72. The maximum atomic E-state index is 15.1. The first-order chi connectivity index (χ1) is 16.1. The zero-order valence-electron chi connectivity index (χ0n) is 18.3. The molecule has 1 aromatic heterocycles. The molecule has 2 aliphatic rings. The quantitative estimate of drug-likeness (QED) is 0.680. The van der Waals surface area contributed by atoms with Gasteiger partial charge in [0.15, 0.2) is 11.6 Å². The van der Waals surface area contributed by atoms with Crippen molar-refractivity contribution in [1.29, 1.82) is 5.26 Å². The third-order valence-electron chi connectivity index (χ3n) is 6.32. The highest BCUT2D eigenvalue weighted by Gasteiger charge is 2.57. The van der Waals surface area contributed by atoms with E-state index in [4.69, 9.17) is 10.5 Å². The second-order valence-electron chi connectivity index (χ2n) is 8.46. The first kappa shape index (κ1) is 23.4. The van der Waals surface area contributed by atoms with Crippen LogP contribution in [0.15, 0.2) is 29.5 Å². The van der Waals surface area contributed by atoms with Gasteiger partial charge in [0, 0.05) is 23.2 Å². The number of amides is 1. The number of nitriles is 1. The Morgan fingerprint density at radius 3 is 2.79 bits per heavy atom. The Labute approximate surface area is 192 Å². The summed E-state index contributed by atoms with van der Waals surface area (Å²) in [6.07, 6.45) is 1.95. The van der Waals surface area contributed by atoms with E-state index in [1.807, 2.05) is 0 Å². The Morgan fingerprint density at radius 2 is 2.15 bits per heavy atom. The number of nitrogens with two attached hydrogens (primary N) is 1. The summed E-state index contributed by atoms with van der Waals surface area (Å²) in [6.45, 7) is 2.23. The van der Waals surface area contributed by atoms with E-state index in [0.29, 0.717) is 0 Å². The summed E-state index contributed by atoms with van der Waals surface area (Å²) < 4.78 is 52.3. The topological polar surface area (TPSA) is 136 Å². The number of nitrogens with one attached hydrogen (secondary N) is 1. The Hall–Kier alpha value is -3.72. The SMILES string of the molecule is C[C@H]1OC[C@]2(c3cc(NC(=O)c4cnc(OCF)cn4)cc(F)c3F)N=C(N)[C@](C)(C#N)C[C@H]12. The lowest BCUT2D eigenvalue weighted by molar-refractivity contribution is 0.0995. The number of amidine groups is 1. The molecule has 0 spiro atoms. The summed E-state index contributed by atoms with van der Waals surface area (Å²) in [5.41, 5.74) is 3.31. The first-order valence-electron chi connectivity index (χ1n) is 10.3. The van der Waals surface area contributed by atoms with Gasteiger partial charge in [-0.05, 0) is 26.3 Å². The molecular formula is C22H21F3N6O3. The van der Waals surface area contributed by atoms with Gasteiger partial charge in [-0.2, -0.15) is 5.26 Å². The van der Waals surface area contributed by atoms with Gasteiger partial charge in [0.25, 0.3) is 5.91 Å². The van der Waals surface area contributed by atoms with Crippen molar-refractivity contribution in [3.05, 3.63) is 47.4 Å². The fourth-order valence-corrected chi connectivity index (χ4v) is 4.38. The standard InChI is InChI=1S/C22H21F3N6O3/c1-11-14-5-21(2,8-26)20(27)31-22(14,9-33-11)13-3-12(4-15(24)18(13)25)30-19(32)16-6-29-17(7-28-16)34-10-23/h3-4,6-7,11,14H,5,9-10H2,1-2H3,(H2,27,31)(H,30,32)/t11-,14-,21+,22-/m1/s1. The molecule has 34 heavy (non-hydrogen) atoms. The van der Waals surface area contributed by atoms with Gasteiger partial charge in [-0.1, -0.05) is 0 Å². The summed E-state index contributed by atoms with van der Waals surface area (Å²) in [7, 11) is 0. The molecular weight excluding hydrogens is 453 g/mol. The van der Waals surface area contributed by atoms with Crippen LogP contribution in [0.25, 0.3) is 0 Å². The molecule has 3 heterocycles. The summed E-state index contributed by atoms with van der Waals surface area (Å²) in [5.74, 6) is -3.69. The van der Waals surface area contributed by atoms with Gasteiger partial charge < -0.3 is 20.5 Å². The average molecular weight is 474 g/mol. The van der Waals surface area contributed by atoms with Crippen LogP contribution in [0.2, 0.25) is 0 Å². The van der Waals surface area contributed by atoms with Crippen LogP contribution in [0.3, 0.4) is 0 Å². The molecule has 0 saturated carbocycles. The normalized spacial score (nSPS) is 27.9. The summed E-state index contributed by atoms with van der Waals surface area (Å²) in [4.78, 5) is 24.6. The van der Waals surface area contributed by atoms with Crippen molar-refractivity contribution >= 4 is 17.4 Å². The van der Waals surface area contributed by atoms with E-state index >= 15 is 4.39 Å². The molecule has 0 bridgehead atoms. The van der Waals surface area contributed by atoms with Crippen molar-refractivity contribution in [3.63, 3.8) is 0 Å². The van der Waals surface area contributed by atoms with Crippen molar-refractivity contribution in [1.82, 2.24) is 9.97 Å². The molecule has 3 N–H and O–H groups in total. The molecule has 0 radical (unpaired) electrons. The van der Waals surface area contributed by atoms with E-state index in [1.165, 1.54) is 6.07 Å². The molecule has 9 nitrogen and oxygen atoms in total. The van der Waals surface area contributed by atoms with E-state index in [1.54, 1.807) is 13.8 Å². The predicted octanol–water partition coefficient (Wildman–Crippen LogP) is 2.83. The van der Waals surface area contributed by atoms with E-state index in [2.05, 4.69) is 31.1 Å². The third kappa shape index (κ3) is 3.81. The first-order valence-corrected chi connectivity index (χ1v) is 10.3. The van der Waals surface area contributed by atoms with Crippen LogP contribution in [-0.4, -0.2) is 41.3 Å². The minimum Gasteiger partial charge on any atom is -0.445 e. The number of rotatable bonds is 5. The minimum atomic E-state index is -1.36. The average Bonchev–Trinajstić information content (AvgIpc) is 3.13. The summed E-state index contributed by atoms with van der Waals surface area (Å²) >= 11 is 0. The number of hydrogen-bond acceptors (Lipinski definition) is 8. The molecule has 2 aromatic rings. The summed E-state index contributed by atoms with van der Waals surface area (Å²) in [5, 5.41) is 12.1. The largest absolute Gasteiger partial charge is 0.445 e. The Bertz CT molecular complexity index is 1200. The highest BCUT2D eigenvalue weighted by atomic mass is 19.2. The lowest BCUT2D eigenvalue weighted by atomic mass is 9.67. The van der Waals surface area contributed by atoms with Crippen molar-refractivity contribution < 1.29 is 27.4 Å². The lowest BCUT2D eigenvalue weighted by Gasteiger charge is -2.41. The monoisotopic (exact) mass is 474 g/mol. The van der Waals surface area contributed by atoms with Crippen LogP contribution in [0.5, 0.6) is 5.88 Å². The molecule has 4 atom stereocenters. The van der Waals surface area contributed by atoms with Gasteiger partial charge in [-0.25, -0.2) is 23.1 Å². The Morgan fingerprint density at radius 1 is 1.38 bits per heavy atom. The minimum absolute atomic E-state index is 0.00376. The molecule has 0 unspecified atom stereocenters. The van der Waals surface area contributed by atoms with E-state index in [9.17, 15) is 18.8 Å². The fourth-order valence-electron chi connectivity index (χ4n) is 4.38. The molecule has 0 aliphatic carbocycles. The molecule has 178 valence electrons. The van der Waals surface area contributed by atoms with Crippen molar-refractivity contribution in [2.45, 2.75) is 31.9 Å². The number of ether oxygens (including phenoxy) is 2. The zero-order valence-corrected chi connectivity index (χ0v) is 18.3. The number of alkyl halides is 1. The highest BCUT2D eigenvalue weighted by Crippen LogP contribution is 2.52. The summed E-state index contributed by atoms with van der Waals surface area (Å²) in [6, 6.07) is 4.24. The van der Waals surface area contributed by atoms with Gasteiger partial charge in [0.05, 0.1) is 31.2 Å². The predicted molar refractivity (Wildman–Crippen MR) is 113 cm³/mol. The smallest absolute Gasteiger partial charge is 0.275 e. The number of aliphatic imine (C=N–C) groups is 1. The van der Waals surface area contributed by atoms with Crippen molar-refractivity contribution in [2.24, 2.45) is 22.1 Å². The van der Waals surface area contributed by atoms with Gasteiger partial charge in [0.1, 0.15) is 22.5 Å². The lowest BCUT2D eigenvalue weighted by Crippen LogP contribution is -2.49. The highest BCUT2D eigenvalue weighted by molar-refractivity contribution is 6.02. The van der Waals surface area contributed by atoms with Gasteiger partial charge in [-0.15, -0.1) is 0 Å². The number of benzene rings is 1. The molecule has 1 saturated heterocycles. The van der Waals surface area contributed by atoms with Crippen LogP contribution in [-0.2, 0) is 10.3 Å². The van der Waals surface area contributed by atoms with E-state index in [-0.39, 0.29) is 41.7 Å². The van der Waals surface area contributed by atoms with Crippen LogP contribution >= 0.6 is 0 Å². The number of fused-ring (bicyclic) bond motifs is 1. The van der Waals surface area contributed by atoms with Gasteiger partial charge in [0.2, 0.25) is 12.7 Å². The van der Waals surface area contributed by atoms with Gasteiger partial charge >= 0.3 is 0 Å².